The monoisotopic (exact) mass is 302 g/mol. The highest BCUT2D eigenvalue weighted by Gasteiger charge is 2.28. The SMILES string of the molecule is CCOC(=O)C(O)c1ccc(Br)c2c1OCO2. The Balaban J connectivity index is 2.34. The molecule has 1 aromatic carbocycles. The predicted molar refractivity (Wildman–Crippen MR) is 61.9 cm³/mol. The van der Waals surface area contributed by atoms with Gasteiger partial charge in [0.2, 0.25) is 6.79 Å². The summed E-state index contributed by atoms with van der Waals surface area (Å²) in [5, 5.41) is 9.85. The van der Waals surface area contributed by atoms with E-state index in [0.29, 0.717) is 21.5 Å². The van der Waals surface area contributed by atoms with Crippen molar-refractivity contribution in [2.75, 3.05) is 13.4 Å². The third kappa shape index (κ3) is 2.23. The zero-order valence-electron chi connectivity index (χ0n) is 9.10. The smallest absolute Gasteiger partial charge is 0.339 e. The van der Waals surface area contributed by atoms with E-state index in [1.165, 1.54) is 0 Å². The summed E-state index contributed by atoms with van der Waals surface area (Å²) in [4.78, 5) is 11.4. The summed E-state index contributed by atoms with van der Waals surface area (Å²) in [6.45, 7) is 1.96. The van der Waals surface area contributed by atoms with Crippen molar-refractivity contribution in [3.05, 3.63) is 22.2 Å². The Morgan fingerprint density at radius 2 is 2.24 bits per heavy atom. The molecule has 6 heteroatoms. The van der Waals surface area contributed by atoms with E-state index in [1.807, 2.05) is 0 Å². The molecular formula is C11H11BrO5. The normalized spacial score (nSPS) is 14.5. The van der Waals surface area contributed by atoms with Crippen molar-refractivity contribution in [3.8, 4) is 11.5 Å². The van der Waals surface area contributed by atoms with Gasteiger partial charge in [-0.25, -0.2) is 4.79 Å². The minimum Gasteiger partial charge on any atom is -0.464 e. The molecule has 0 saturated carbocycles. The molecule has 1 atom stereocenters. The van der Waals surface area contributed by atoms with Crippen LogP contribution in [-0.2, 0) is 9.53 Å². The number of esters is 1. The second-order valence-corrected chi connectivity index (χ2v) is 4.21. The van der Waals surface area contributed by atoms with Crippen molar-refractivity contribution >= 4 is 21.9 Å². The molecule has 0 aliphatic carbocycles. The third-order valence-electron chi connectivity index (χ3n) is 2.31. The van der Waals surface area contributed by atoms with Crippen LogP contribution in [0.3, 0.4) is 0 Å². The van der Waals surface area contributed by atoms with Gasteiger partial charge in [0, 0.05) is 5.56 Å². The van der Waals surface area contributed by atoms with Crippen molar-refractivity contribution in [1.29, 1.82) is 0 Å². The zero-order valence-corrected chi connectivity index (χ0v) is 10.7. The summed E-state index contributed by atoms with van der Waals surface area (Å²) < 4.78 is 15.9. The molecule has 1 aromatic rings. The van der Waals surface area contributed by atoms with Gasteiger partial charge in [0.1, 0.15) is 0 Å². The van der Waals surface area contributed by atoms with Crippen LogP contribution in [0.25, 0.3) is 0 Å². The molecule has 0 saturated heterocycles. The van der Waals surface area contributed by atoms with Gasteiger partial charge in [-0.1, -0.05) is 6.07 Å². The molecule has 92 valence electrons. The molecule has 1 aliphatic rings. The molecule has 0 bridgehead atoms. The number of hydrogen-bond donors (Lipinski definition) is 1. The van der Waals surface area contributed by atoms with Gasteiger partial charge >= 0.3 is 5.97 Å². The zero-order chi connectivity index (χ0) is 12.4. The highest BCUT2D eigenvalue weighted by atomic mass is 79.9. The van der Waals surface area contributed by atoms with E-state index in [9.17, 15) is 9.90 Å². The van der Waals surface area contributed by atoms with E-state index < -0.39 is 12.1 Å². The third-order valence-corrected chi connectivity index (χ3v) is 2.93. The van der Waals surface area contributed by atoms with Crippen LogP contribution in [0.4, 0.5) is 0 Å². The molecule has 0 fully saturated rings. The fourth-order valence-electron chi connectivity index (χ4n) is 1.55. The maximum Gasteiger partial charge on any atom is 0.339 e. The largest absolute Gasteiger partial charge is 0.464 e. The van der Waals surface area contributed by atoms with E-state index in [0.717, 1.165) is 0 Å². The Morgan fingerprint density at radius 3 is 2.94 bits per heavy atom. The van der Waals surface area contributed by atoms with E-state index in [4.69, 9.17) is 14.2 Å². The lowest BCUT2D eigenvalue weighted by Gasteiger charge is -2.12. The number of carbonyl (C=O) groups excluding carboxylic acids is 1. The van der Waals surface area contributed by atoms with Crippen LogP contribution in [0.15, 0.2) is 16.6 Å². The molecular weight excluding hydrogens is 292 g/mol. The van der Waals surface area contributed by atoms with Gasteiger partial charge < -0.3 is 19.3 Å². The fourth-order valence-corrected chi connectivity index (χ4v) is 1.97. The summed E-state index contributed by atoms with van der Waals surface area (Å²) in [6.07, 6.45) is -1.36. The minimum absolute atomic E-state index is 0.0699. The van der Waals surface area contributed by atoms with Crippen molar-refractivity contribution < 1.29 is 24.1 Å². The average Bonchev–Trinajstić information content (AvgIpc) is 2.79. The standard InChI is InChI=1S/C11H11BrO5/c1-2-15-11(14)8(13)6-3-4-7(12)10-9(6)16-5-17-10/h3-4,8,13H,2,5H2,1H3. The van der Waals surface area contributed by atoms with Gasteiger partial charge in [0.15, 0.2) is 17.6 Å². The van der Waals surface area contributed by atoms with Crippen molar-refractivity contribution in [2.24, 2.45) is 0 Å². The lowest BCUT2D eigenvalue weighted by molar-refractivity contribution is -0.153. The summed E-state index contributed by atoms with van der Waals surface area (Å²) in [5.74, 6) is 0.165. The van der Waals surface area contributed by atoms with Crippen molar-refractivity contribution in [1.82, 2.24) is 0 Å². The molecule has 2 rings (SSSR count). The number of fused-ring (bicyclic) bond motifs is 1. The highest BCUT2D eigenvalue weighted by Crippen LogP contribution is 2.43. The number of ether oxygens (including phenoxy) is 3. The second-order valence-electron chi connectivity index (χ2n) is 3.36. The summed E-state index contributed by atoms with van der Waals surface area (Å²) in [5.41, 5.74) is 0.346. The molecule has 0 amide bonds. The van der Waals surface area contributed by atoms with Crippen LogP contribution >= 0.6 is 15.9 Å². The quantitative estimate of drug-likeness (QED) is 0.862. The first kappa shape index (κ1) is 12.2. The van der Waals surface area contributed by atoms with Crippen molar-refractivity contribution in [3.63, 3.8) is 0 Å². The summed E-state index contributed by atoms with van der Waals surface area (Å²) in [6, 6.07) is 3.28. The van der Waals surface area contributed by atoms with Gasteiger partial charge in [0.25, 0.3) is 0 Å². The van der Waals surface area contributed by atoms with Gasteiger partial charge in [0.05, 0.1) is 11.1 Å². The highest BCUT2D eigenvalue weighted by molar-refractivity contribution is 9.10. The molecule has 0 radical (unpaired) electrons. The molecule has 1 aliphatic heterocycles. The maximum absolute atomic E-state index is 11.4. The number of carbonyl (C=O) groups is 1. The lowest BCUT2D eigenvalue weighted by Crippen LogP contribution is -2.15. The molecule has 1 heterocycles. The fraction of sp³-hybridized carbons (Fsp3) is 0.364. The van der Waals surface area contributed by atoms with Gasteiger partial charge in [-0.15, -0.1) is 0 Å². The van der Waals surface area contributed by atoms with Crippen LogP contribution in [0, 0.1) is 0 Å². The number of rotatable bonds is 3. The molecule has 5 nitrogen and oxygen atoms in total. The van der Waals surface area contributed by atoms with E-state index in [1.54, 1.807) is 19.1 Å². The molecule has 17 heavy (non-hydrogen) atoms. The number of aliphatic hydroxyl groups excluding tert-OH is 1. The maximum atomic E-state index is 11.4. The Labute approximate surface area is 106 Å². The molecule has 1 N–H and O–H groups in total. The summed E-state index contributed by atoms with van der Waals surface area (Å²) in [7, 11) is 0. The lowest BCUT2D eigenvalue weighted by atomic mass is 10.1. The first-order valence-electron chi connectivity index (χ1n) is 5.07. The first-order chi connectivity index (χ1) is 8.15. The van der Waals surface area contributed by atoms with Crippen molar-refractivity contribution in [2.45, 2.75) is 13.0 Å². The topological polar surface area (TPSA) is 65.0 Å². The van der Waals surface area contributed by atoms with Crippen LogP contribution in [0.5, 0.6) is 11.5 Å². The Morgan fingerprint density at radius 1 is 1.53 bits per heavy atom. The first-order valence-corrected chi connectivity index (χ1v) is 5.87. The number of hydrogen-bond acceptors (Lipinski definition) is 5. The number of aliphatic hydroxyl groups is 1. The number of halogens is 1. The Bertz CT molecular complexity index is 446. The summed E-state index contributed by atoms with van der Waals surface area (Å²) >= 11 is 3.30. The Hall–Kier alpha value is -1.27. The van der Waals surface area contributed by atoms with Crippen LogP contribution < -0.4 is 9.47 Å². The van der Waals surface area contributed by atoms with Gasteiger partial charge in [-0.2, -0.15) is 0 Å². The van der Waals surface area contributed by atoms with Crippen LogP contribution in [0.2, 0.25) is 0 Å². The van der Waals surface area contributed by atoms with Gasteiger partial charge in [-0.3, -0.25) is 0 Å². The van der Waals surface area contributed by atoms with Gasteiger partial charge in [-0.05, 0) is 28.9 Å². The van der Waals surface area contributed by atoms with E-state index in [-0.39, 0.29) is 13.4 Å². The minimum atomic E-state index is -1.36. The Kier molecular flexibility index (Phi) is 3.54. The molecule has 0 aromatic heterocycles. The van der Waals surface area contributed by atoms with Crippen LogP contribution in [-0.4, -0.2) is 24.5 Å². The van der Waals surface area contributed by atoms with Crippen LogP contribution in [0.1, 0.15) is 18.6 Å². The molecule has 0 spiro atoms. The van der Waals surface area contributed by atoms with E-state index >= 15 is 0 Å². The number of benzene rings is 1. The van der Waals surface area contributed by atoms with E-state index in [2.05, 4.69) is 15.9 Å². The predicted octanol–water partition coefficient (Wildman–Crippen LogP) is 1.77. The second kappa shape index (κ2) is 4.93. The molecule has 1 unspecified atom stereocenters. The average molecular weight is 303 g/mol.